The fourth-order valence-corrected chi connectivity index (χ4v) is 3.52. The second-order valence-electron chi connectivity index (χ2n) is 5.74. The van der Waals surface area contributed by atoms with Crippen LogP contribution in [0.15, 0.2) is 41.8 Å². The van der Waals surface area contributed by atoms with Gasteiger partial charge < -0.3 is 0 Å². The van der Waals surface area contributed by atoms with Crippen LogP contribution >= 0.6 is 11.3 Å². The van der Waals surface area contributed by atoms with Crippen LogP contribution in [0.5, 0.6) is 0 Å². The Balaban J connectivity index is 1.98. The monoisotopic (exact) mass is 322 g/mol. The van der Waals surface area contributed by atoms with E-state index in [4.69, 9.17) is 9.97 Å². The second kappa shape index (κ2) is 7.05. The summed E-state index contributed by atoms with van der Waals surface area (Å²) in [4.78, 5) is 10.7. The molecule has 0 unspecified atom stereocenters. The van der Waals surface area contributed by atoms with Crippen LogP contribution < -0.4 is 0 Å². The molecule has 0 amide bonds. The molecule has 0 bridgehead atoms. The highest BCUT2D eigenvalue weighted by atomic mass is 32.1. The first kappa shape index (κ1) is 15.9. The molecule has 0 saturated heterocycles. The summed E-state index contributed by atoms with van der Waals surface area (Å²) < 4.78 is 0. The Morgan fingerprint density at radius 1 is 0.913 bits per heavy atom. The number of aryl methyl sites for hydroxylation is 2. The van der Waals surface area contributed by atoms with Gasteiger partial charge in [0, 0.05) is 12.1 Å². The van der Waals surface area contributed by atoms with Crippen molar-refractivity contribution < 1.29 is 0 Å². The van der Waals surface area contributed by atoms with Gasteiger partial charge in [-0.1, -0.05) is 44.2 Å². The standard InChI is InChI=1S/C20H22N2S/c1-4-15-8-10-16(11-9-15)13-18-17(5-2)14(3)21-20(22-18)19-7-6-12-23-19/h6-12H,4-5,13H2,1-3H3. The number of hydrogen-bond donors (Lipinski definition) is 0. The van der Waals surface area contributed by atoms with Crippen molar-refractivity contribution in [3.05, 3.63) is 69.9 Å². The number of thiophene rings is 1. The van der Waals surface area contributed by atoms with E-state index in [1.807, 2.05) is 0 Å². The van der Waals surface area contributed by atoms with E-state index in [1.54, 1.807) is 11.3 Å². The van der Waals surface area contributed by atoms with Crippen LogP contribution in [-0.2, 0) is 19.3 Å². The Morgan fingerprint density at radius 2 is 1.65 bits per heavy atom. The molecule has 0 N–H and O–H groups in total. The van der Waals surface area contributed by atoms with Crippen molar-refractivity contribution >= 4 is 11.3 Å². The molecule has 0 aliphatic rings. The average Bonchev–Trinajstić information content (AvgIpc) is 3.10. The molecule has 23 heavy (non-hydrogen) atoms. The van der Waals surface area contributed by atoms with Gasteiger partial charge in [0.2, 0.25) is 0 Å². The SMILES string of the molecule is CCc1ccc(Cc2nc(-c3cccs3)nc(C)c2CC)cc1. The Bertz CT molecular complexity index is 774. The van der Waals surface area contributed by atoms with E-state index in [1.165, 1.54) is 16.7 Å². The Labute approximate surface area is 142 Å². The highest BCUT2D eigenvalue weighted by Crippen LogP contribution is 2.25. The van der Waals surface area contributed by atoms with Crippen molar-refractivity contribution in [1.82, 2.24) is 9.97 Å². The lowest BCUT2D eigenvalue weighted by atomic mass is 10.0. The lowest BCUT2D eigenvalue weighted by molar-refractivity contribution is 0.926. The van der Waals surface area contributed by atoms with Gasteiger partial charge in [-0.3, -0.25) is 0 Å². The third-order valence-corrected chi connectivity index (χ3v) is 5.06. The fourth-order valence-electron chi connectivity index (χ4n) is 2.86. The van der Waals surface area contributed by atoms with Crippen LogP contribution in [-0.4, -0.2) is 9.97 Å². The van der Waals surface area contributed by atoms with E-state index in [-0.39, 0.29) is 0 Å². The summed E-state index contributed by atoms with van der Waals surface area (Å²) >= 11 is 1.69. The topological polar surface area (TPSA) is 25.8 Å². The zero-order chi connectivity index (χ0) is 16.2. The summed E-state index contributed by atoms with van der Waals surface area (Å²) in [5.74, 6) is 0.856. The smallest absolute Gasteiger partial charge is 0.169 e. The molecule has 0 aliphatic carbocycles. The zero-order valence-electron chi connectivity index (χ0n) is 14.0. The molecular formula is C20H22N2S. The van der Waals surface area contributed by atoms with Gasteiger partial charge in [0.1, 0.15) is 0 Å². The normalized spacial score (nSPS) is 10.9. The molecule has 0 saturated carbocycles. The lowest BCUT2D eigenvalue weighted by Gasteiger charge is -2.12. The molecule has 2 aromatic heterocycles. The van der Waals surface area contributed by atoms with Crippen LogP contribution in [0, 0.1) is 6.92 Å². The summed E-state index contributed by atoms with van der Waals surface area (Å²) in [6.07, 6.45) is 2.92. The van der Waals surface area contributed by atoms with E-state index in [0.717, 1.165) is 41.4 Å². The quantitative estimate of drug-likeness (QED) is 0.643. The van der Waals surface area contributed by atoms with Crippen molar-refractivity contribution in [1.29, 1.82) is 0 Å². The predicted octanol–water partition coefficient (Wildman–Crippen LogP) is 5.23. The average molecular weight is 322 g/mol. The molecule has 0 radical (unpaired) electrons. The van der Waals surface area contributed by atoms with Crippen LogP contribution in [0.2, 0.25) is 0 Å². The Morgan fingerprint density at radius 3 is 2.26 bits per heavy atom. The van der Waals surface area contributed by atoms with E-state index in [2.05, 4.69) is 62.5 Å². The Hall–Kier alpha value is -2.00. The molecule has 3 aromatic rings. The van der Waals surface area contributed by atoms with E-state index < -0.39 is 0 Å². The molecule has 3 rings (SSSR count). The maximum Gasteiger partial charge on any atom is 0.169 e. The van der Waals surface area contributed by atoms with Gasteiger partial charge in [-0.25, -0.2) is 9.97 Å². The molecular weight excluding hydrogens is 300 g/mol. The van der Waals surface area contributed by atoms with Gasteiger partial charge in [-0.2, -0.15) is 0 Å². The fraction of sp³-hybridized carbons (Fsp3) is 0.300. The van der Waals surface area contributed by atoms with Gasteiger partial charge >= 0.3 is 0 Å². The summed E-state index contributed by atoms with van der Waals surface area (Å²) in [5.41, 5.74) is 6.23. The van der Waals surface area contributed by atoms with Gasteiger partial charge in [0.05, 0.1) is 10.6 Å². The molecule has 0 fully saturated rings. The molecule has 0 aliphatic heterocycles. The molecule has 3 heteroatoms. The van der Waals surface area contributed by atoms with Gasteiger partial charge in [-0.15, -0.1) is 11.3 Å². The van der Waals surface area contributed by atoms with Crippen molar-refractivity contribution in [3.63, 3.8) is 0 Å². The van der Waals surface area contributed by atoms with E-state index in [0.29, 0.717) is 0 Å². The summed E-state index contributed by atoms with van der Waals surface area (Å²) in [5, 5.41) is 2.07. The summed E-state index contributed by atoms with van der Waals surface area (Å²) in [6.45, 7) is 6.47. The Kier molecular flexibility index (Phi) is 4.87. The first-order chi connectivity index (χ1) is 11.2. The van der Waals surface area contributed by atoms with Gasteiger partial charge in [-0.05, 0) is 47.9 Å². The largest absolute Gasteiger partial charge is 0.232 e. The minimum Gasteiger partial charge on any atom is -0.232 e. The number of rotatable bonds is 5. The van der Waals surface area contributed by atoms with Crippen molar-refractivity contribution in [2.24, 2.45) is 0 Å². The predicted molar refractivity (Wildman–Crippen MR) is 98.1 cm³/mol. The van der Waals surface area contributed by atoms with E-state index >= 15 is 0 Å². The minimum atomic E-state index is 0.856. The van der Waals surface area contributed by atoms with Crippen LogP contribution in [0.25, 0.3) is 10.7 Å². The number of nitrogens with zero attached hydrogens (tertiary/aromatic N) is 2. The van der Waals surface area contributed by atoms with Crippen molar-refractivity contribution in [3.8, 4) is 10.7 Å². The highest BCUT2D eigenvalue weighted by Gasteiger charge is 2.12. The van der Waals surface area contributed by atoms with Crippen LogP contribution in [0.3, 0.4) is 0 Å². The third kappa shape index (κ3) is 3.50. The molecule has 2 heterocycles. The second-order valence-corrected chi connectivity index (χ2v) is 6.68. The van der Waals surface area contributed by atoms with Gasteiger partial charge in [0.25, 0.3) is 0 Å². The van der Waals surface area contributed by atoms with Crippen molar-refractivity contribution in [2.45, 2.75) is 40.0 Å². The number of hydrogen-bond acceptors (Lipinski definition) is 3. The molecule has 0 spiro atoms. The first-order valence-corrected chi connectivity index (χ1v) is 9.07. The maximum absolute atomic E-state index is 4.88. The zero-order valence-corrected chi connectivity index (χ0v) is 14.8. The molecule has 0 atom stereocenters. The lowest BCUT2D eigenvalue weighted by Crippen LogP contribution is -2.05. The summed E-state index contributed by atoms with van der Waals surface area (Å²) in [7, 11) is 0. The van der Waals surface area contributed by atoms with E-state index in [9.17, 15) is 0 Å². The molecule has 1 aromatic carbocycles. The minimum absolute atomic E-state index is 0.856. The van der Waals surface area contributed by atoms with Gasteiger partial charge in [0.15, 0.2) is 5.82 Å². The first-order valence-electron chi connectivity index (χ1n) is 8.19. The number of aromatic nitrogens is 2. The molecule has 2 nitrogen and oxygen atoms in total. The highest BCUT2D eigenvalue weighted by molar-refractivity contribution is 7.13. The summed E-state index contributed by atoms with van der Waals surface area (Å²) in [6, 6.07) is 13.0. The maximum atomic E-state index is 4.88. The number of benzene rings is 1. The van der Waals surface area contributed by atoms with Crippen LogP contribution in [0.1, 0.15) is 41.9 Å². The molecule has 118 valence electrons. The van der Waals surface area contributed by atoms with Crippen molar-refractivity contribution in [2.75, 3.05) is 0 Å². The van der Waals surface area contributed by atoms with Crippen LogP contribution in [0.4, 0.5) is 0 Å². The third-order valence-electron chi connectivity index (χ3n) is 4.20.